The molecule has 0 bridgehead atoms. The van der Waals surface area contributed by atoms with Crippen molar-refractivity contribution in [2.45, 2.75) is 26.8 Å². The molecule has 0 aliphatic carbocycles. The van der Waals surface area contributed by atoms with Gasteiger partial charge in [-0.05, 0) is 39.7 Å². The van der Waals surface area contributed by atoms with Crippen molar-refractivity contribution in [2.75, 3.05) is 6.54 Å². The van der Waals surface area contributed by atoms with Crippen LogP contribution in [0.3, 0.4) is 0 Å². The van der Waals surface area contributed by atoms with Gasteiger partial charge in [0, 0.05) is 15.9 Å². The number of nitrogens with two attached hydrogens (primary N) is 1. The number of thiophene rings is 1. The van der Waals surface area contributed by atoms with Crippen LogP contribution in [0.15, 0.2) is 15.9 Å². The highest BCUT2D eigenvalue weighted by Crippen LogP contribution is 2.22. The van der Waals surface area contributed by atoms with Crippen molar-refractivity contribution in [1.82, 2.24) is 5.32 Å². The Morgan fingerprint density at radius 2 is 2.29 bits per heavy atom. The summed E-state index contributed by atoms with van der Waals surface area (Å²) in [6.07, 6.45) is 0.841. The van der Waals surface area contributed by atoms with Gasteiger partial charge in [-0.2, -0.15) is 0 Å². The number of halogens is 1. The van der Waals surface area contributed by atoms with Gasteiger partial charge in [-0.25, -0.2) is 0 Å². The lowest BCUT2D eigenvalue weighted by Crippen LogP contribution is -2.35. The van der Waals surface area contributed by atoms with E-state index >= 15 is 0 Å². The second-order valence-electron chi connectivity index (χ2n) is 4.47. The van der Waals surface area contributed by atoms with Crippen molar-refractivity contribution >= 4 is 33.2 Å². The van der Waals surface area contributed by atoms with E-state index < -0.39 is 0 Å². The van der Waals surface area contributed by atoms with Gasteiger partial charge in [-0.3, -0.25) is 4.79 Å². The minimum Gasteiger partial charge on any atom is -0.351 e. The van der Waals surface area contributed by atoms with E-state index in [4.69, 9.17) is 5.73 Å². The monoisotopic (exact) mass is 318 g/mol. The standard InChI is InChI=1S/C12H19BrN2OS/c1-8(2)5-9(6-14)12(16)15-7-11-10(13)3-4-17-11/h3-4,8-9H,5-7,14H2,1-2H3,(H,15,16). The Labute approximate surface area is 115 Å². The number of hydrogen-bond acceptors (Lipinski definition) is 3. The van der Waals surface area contributed by atoms with Crippen LogP contribution >= 0.6 is 27.3 Å². The van der Waals surface area contributed by atoms with Gasteiger partial charge in [0.25, 0.3) is 0 Å². The van der Waals surface area contributed by atoms with Crippen LogP contribution in [0.4, 0.5) is 0 Å². The Balaban J connectivity index is 2.45. The third kappa shape index (κ3) is 4.77. The average molecular weight is 319 g/mol. The maximum Gasteiger partial charge on any atom is 0.224 e. The molecule has 3 nitrogen and oxygen atoms in total. The molecule has 96 valence electrons. The van der Waals surface area contributed by atoms with Crippen molar-refractivity contribution in [3.8, 4) is 0 Å². The summed E-state index contributed by atoms with van der Waals surface area (Å²) in [7, 11) is 0. The lowest BCUT2D eigenvalue weighted by atomic mass is 9.96. The Morgan fingerprint density at radius 3 is 2.76 bits per heavy atom. The molecule has 0 saturated heterocycles. The van der Waals surface area contributed by atoms with Gasteiger partial charge >= 0.3 is 0 Å². The third-order valence-corrected chi connectivity index (χ3v) is 4.45. The summed E-state index contributed by atoms with van der Waals surface area (Å²) < 4.78 is 1.05. The Bertz CT molecular complexity index is 365. The molecule has 17 heavy (non-hydrogen) atoms. The van der Waals surface area contributed by atoms with Crippen LogP contribution in [0.5, 0.6) is 0 Å². The molecule has 0 fully saturated rings. The molecule has 1 aromatic heterocycles. The van der Waals surface area contributed by atoms with Crippen LogP contribution in [-0.2, 0) is 11.3 Å². The van der Waals surface area contributed by atoms with E-state index in [-0.39, 0.29) is 11.8 Å². The topological polar surface area (TPSA) is 55.1 Å². The maximum atomic E-state index is 11.9. The fourth-order valence-corrected chi connectivity index (χ4v) is 3.07. The summed E-state index contributed by atoms with van der Waals surface area (Å²) >= 11 is 5.08. The van der Waals surface area contributed by atoms with Crippen LogP contribution in [0.2, 0.25) is 0 Å². The number of hydrogen-bond donors (Lipinski definition) is 2. The van der Waals surface area contributed by atoms with E-state index in [9.17, 15) is 4.79 Å². The number of rotatable bonds is 6. The van der Waals surface area contributed by atoms with E-state index in [2.05, 4.69) is 35.1 Å². The van der Waals surface area contributed by atoms with Gasteiger partial charge in [-0.1, -0.05) is 13.8 Å². The Morgan fingerprint density at radius 1 is 1.59 bits per heavy atom. The highest BCUT2D eigenvalue weighted by molar-refractivity contribution is 9.10. The molecule has 0 saturated carbocycles. The van der Waals surface area contributed by atoms with Crippen LogP contribution in [0.25, 0.3) is 0 Å². The molecule has 3 N–H and O–H groups in total. The van der Waals surface area contributed by atoms with E-state index in [0.717, 1.165) is 15.8 Å². The summed E-state index contributed by atoms with van der Waals surface area (Å²) in [6.45, 7) is 5.19. The van der Waals surface area contributed by atoms with Crippen LogP contribution in [0, 0.1) is 11.8 Å². The first-order valence-corrected chi connectivity index (χ1v) is 7.41. The molecular formula is C12H19BrN2OS. The number of carbonyl (C=O) groups is 1. The molecule has 0 aromatic carbocycles. The van der Waals surface area contributed by atoms with Gasteiger partial charge < -0.3 is 11.1 Å². The molecule has 1 rings (SSSR count). The van der Waals surface area contributed by atoms with Crippen LogP contribution in [-0.4, -0.2) is 12.5 Å². The largest absolute Gasteiger partial charge is 0.351 e. The van der Waals surface area contributed by atoms with Gasteiger partial charge in [0.1, 0.15) is 0 Å². The molecular weight excluding hydrogens is 300 g/mol. The van der Waals surface area contributed by atoms with Crippen molar-refractivity contribution in [2.24, 2.45) is 17.6 Å². The zero-order valence-corrected chi connectivity index (χ0v) is 12.6. The minimum absolute atomic E-state index is 0.0569. The van der Waals surface area contributed by atoms with Gasteiger partial charge in [0.15, 0.2) is 0 Å². The predicted octanol–water partition coefficient (Wildman–Crippen LogP) is 2.75. The molecule has 1 aromatic rings. The molecule has 1 amide bonds. The quantitative estimate of drug-likeness (QED) is 0.847. The first-order valence-electron chi connectivity index (χ1n) is 5.74. The SMILES string of the molecule is CC(C)CC(CN)C(=O)NCc1sccc1Br. The second-order valence-corrected chi connectivity index (χ2v) is 6.33. The van der Waals surface area contributed by atoms with Crippen molar-refractivity contribution < 1.29 is 4.79 Å². The minimum atomic E-state index is -0.0752. The highest BCUT2D eigenvalue weighted by Gasteiger charge is 2.18. The summed E-state index contributed by atoms with van der Waals surface area (Å²) in [5, 5.41) is 4.94. The predicted molar refractivity (Wildman–Crippen MR) is 75.9 cm³/mol. The molecule has 0 radical (unpaired) electrons. The molecule has 5 heteroatoms. The first kappa shape index (κ1) is 14.7. The Kier molecular flexibility index (Phi) is 6.16. The zero-order valence-electron chi connectivity index (χ0n) is 10.2. The van der Waals surface area contributed by atoms with Gasteiger partial charge in [0.2, 0.25) is 5.91 Å². The third-order valence-electron chi connectivity index (χ3n) is 2.53. The summed E-state index contributed by atoms with van der Waals surface area (Å²) in [5.74, 6) is 0.470. The van der Waals surface area contributed by atoms with E-state index in [1.54, 1.807) is 11.3 Å². The number of nitrogens with one attached hydrogen (secondary N) is 1. The summed E-state index contributed by atoms with van der Waals surface area (Å²) in [4.78, 5) is 13.1. The average Bonchev–Trinajstić information content (AvgIpc) is 2.68. The zero-order chi connectivity index (χ0) is 12.8. The number of amides is 1. The molecule has 0 spiro atoms. The summed E-state index contributed by atoms with van der Waals surface area (Å²) in [5.41, 5.74) is 5.63. The summed E-state index contributed by atoms with van der Waals surface area (Å²) in [6, 6.07) is 1.99. The lowest BCUT2D eigenvalue weighted by Gasteiger charge is -2.16. The Hall–Kier alpha value is -0.390. The fourth-order valence-electron chi connectivity index (χ4n) is 1.64. The normalized spacial score (nSPS) is 12.8. The lowest BCUT2D eigenvalue weighted by molar-refractivity contribution is -0.125. The molecule has 1 heterocycles. The highest BCUT2D eigenvalue weighted by atomic mass is 79.9. The molecule has 1 unspecified atom stereocenters. The smallest absolute Gasteiger partial charge is 0.224 e. The van der Waals surface area contributed by atoms with Crippen molar-refractivity contribution in [1.29, 1.82) is 0 Å². The van der Waals surface area contributed by atoms with Crippen molar-refractivity contribution in [3.05, 3.63) is 20.8 Å². The second kappa shape index (κ2) is 7.13. The fraction of sp³-hybridized carbons (Fsp3) is 0.583. The van der Waals surface area contributed by atoms with E-state index in [1.807, 2.05) is 11.4 Å². The number of carbonyl (C=O) groups excluding carboxylic acids is 1. The van der Waals surface area contributed by atoms with Gasteiger partial charge in [0.05, 0.1) is 12.5 Å². The van der Waals surface area contributed by atoms with E-state index in [1.165, 1.54) is 0 Å². The maximum absolute atomic E-state index is 11.9. The molecule has 0 aliphatic heterocycles. The van der Waals surface area contributed by atoms with Crippen molar-refractivity contribution in [3.63, 3.8) is 0 Å². The van der Waals surface area contributed by atoms with Crippen LogP contribution < -0.4 is 11.1 Å². The van der Waals surface area contributed by atoms with E-state index in [0.29, 0.717) is 19.0 Å². The molecule has 1 atom stereocenters. The van der Waals surface area contributed by atoms with Crippen LogP contribution in [0.1, 0.15) is 25.1 Å². The van der Waals surface area contributed by atoms with Gasteiger partial charge in [-0.15, -0.1) is 11.3 Å². The molecule has 0 aliphatic rings. The first-order chi connectivity index (χ1) is 8.04.